The van der Waals surface area contributed by atoms with Crippen molar-refractivity contribution in [2.24, 2.45) is 16.7 Å². The second-order valence-electron chi connectivity index (χ2n) is 6.47. The van der Waals surface area contributed by atoms with Crippen molar-refractivity contribution in [2.45, 2.75) is 33.8 Å². The number of hydrogen-bond acceptors (Lipinski definition) is 3. The first-order chi connectivity index (χ1) is 8.77. The molecular weight excluding hydrogens is 240 g/mol. The lowest BCUT2D eigenvalue weighted by atomic mass is 9.98. The standard InChI is InChI=1S/C16H24O3/c1-15(2)14(16(15,3)4)13(17)11-8-7-10(18-5)9-12(11)19-6/h7-9,13-14,17H,1-6H3. The first-order valence-corrected chi connectivity index (χ1v) is 6.67. The van der Waals surface area contributed by atoms with Crippen LogP contribution in [0, 0.1) is 16.7 Å². The highest BCUT2D eigenvalue weighted by Gasteiger charge is 2.67. The van der Waals surface area contributed by atoms with Crippen LogP contribution in [0.4, 0.5) is 0 Å². The molecule has 3 nitrogen and oxygen atoms in total. The lowest BCUT2D eigenvalue weighted by Crippen LogP contribution is -2.07. The van der Waals surface area contributed by atoms with E-state index in [0.717, 1.165) is 11.3 Å². The molecule has 0 amide bonds. The van der Waals surface area contributed by atoms with Crippen LogP contribution in [0.1, 0.15) is 39.4 Å². The average Bonchev–Trinajstić information content (AvgIpc) is 2.78. The third-order valence-corrected chi connectivity index (χ3v) is 5.21. The van der Waals surface area contributed by atoms with Gasteiger partial charge in [0.05, 0.1) is 20.3 Å². The maximum absolute atomic E-state index is 10.7. The molecule has 1 N–H and O–H groups in total. The summed E-state index contributed by atoms with van der Waals surface area (Å²) in [5.74, 6) is 1.66. The molecule has 1 aliphatic rings. The second kappa shape index (κ2) is 4.41. The van der Waals surface area contributed by atoms with Crippen molar-refractivity contribution < 1.29 is 14.6 Å². The van der Waals surface area contributed by atoms with Crippen molar-refractivity contribution in [3.63, 3.8) is 0 Å². The van der Waals surface area contributed by atoms with Gasteiger partial charge in [-0.3, -0.25) is 0 Å². The number of methoxy groups -OCH3 is 2. The molecule has 1 aromatic rings. The van der Waals surface area contributed by atoms with Gasteiger partial charge in [-0.1, -0.05) is 27.7 Å². The number of benzene rings is 1. The molecule has 0 aliphatic heterocycles. The summed E-state index contributed by atoms with van der Waals surface area (Å²) in [6.45, 7) is 8.82. The molecule has 0 saturated heterocycles. The van der Waals surface area contributed by atoms with Crippen LogP contribution in [-0.4, -0.2) is 19.3 Å². The lowest BCUT2D eigenvalue weighted by Gasteiger charge is -2.17. The van der Waals surface area contributed by atoms with Crippen molar-refractivity contribution in [1.82, 2.24) is 0 Å². The Morgan fingerprint density at radius 2 is 1.63 bits per heavy atom. The van der Waals surface area contributed by atoms with Crippen LogP contribution in [0.2, 0.25) is 0 Å². The number of aliphatic hydroxyl groups is 1. The van der Waals surface area contributed by atoms with E-state index in [2.05, 4.69) is 27.7 Å². The Balaban J connectivity index is 2.33. The second-order valence-corrected chi connectivity index (χ2v) is 6.47. The number of ether oxygens (including phenoxy) is 2. The highest BCUT2D eigenvalue weighted by Crippen LogP contribution is 2.72. The highest BCUT2D eigenvalue weighted by atomic mass is 16.5. The fourth-order valence-corrected chi connectivity index (χ4v) is 3.28. The van der Waals surface area contributed by atoms with Crippen molar-refractivity contribution >= 4 is 0 Å². The van der Waals surface area contributed by atoms with Crippen molar-refractivity contribution in [1.29, 1.82) is 0 Å². The van der Waals surface area contributed by atoms with Gasteiger partial charge in [0.1, 0.15) is 11.5 Å². The van der Waals surface area contributed by atoms with Crippen molar-refractivity contribution in [3.05, 3.63) is 23.8 Å². The molecule has 1 aliphatic carbocycles. The molecule has 0 radical (unpaired) electrons. The minimum Gasteiger partial charge on any atom is -0.497 e. The predicted molar refractivity (Wildman–Crippen MR) is 75.6 cm³/mol. The summed E-state index contributed by atoms with van der Waals surface area (Å²) in [4.78, 5) is 0. The van der Waals surface area contributed by atoms with E-state index in [1.54, 1.807) is 14.2 Å². The molecule has 0 spiro atoms. The molecule has 2 rings (SSSR count). The van der Waals surface area contributed by atoms with Crippen LogP contribution in [-0.2, 0) is 0 Å². The maximum Gasteiger partial charge on any atom is 0.128 e. The normalized spacial score (nSPS) is 21.8. The van der Waals surface area contributed by atoms with Gasteiger partial charge in [-0.05, 0) is 23.0 Å². The zero-order chi connectivity index (χ0) is 14.4. The van der Waals surface area contributed by atoms with E-state index in [1.807, 2.05) is 18.2 Å². The van der Waals surface area contributed by atoms with Crippen LogP contribution in [0.15, 0.2) is 18.2 Å². The topological polar surface area (TPSA) is 38.7 Å². The first-order valence-electron chi connectivity index (χ1n) is 6.67. The third kappa shape index (κ3) is 2.00. The minimum atomic E-state index is -0.508. The third-order valence-electron chi connectivity index (χ3n) is 5.21. The first kappa shape index (κ1) is 14.2. The predicted octanol–water partition coefficient (Wildman–Crippen LogP) is 3.42. The van der Waals surface area contributed by atoms with Crippen LogP contribution < -0.4 is 9.47 Å². The van der Waals surface area contributed by atoms with E-state index in [1.165, 1.54) is 0 Å². The summed E-state index contributed by atoms with van der Waals surface area (Å²) in [7, 11) is 3.24. The molecule has 0 heterocycles. The number of rotatable bonds is 4. The number of aliphatic hydroxyl groups excluding tert-OH is 1. The van der Waals surface area contributed by atoms with Gasteiger partial charge in [-0.15, -0.1) is 0 Å². The minimum absolute atomic E-state index is 0.136. The Labute approximate surface area is 115 Å². The van der Waals surface area contributed by atoms with Gasteiger partial charge in [0, 0.05) is 17.5 Å². The highest BCUT2D eigenvalue weighted by molar-refractivity contribution is 5.43. The molecule has 0 aromatic heterocycles. The molecule has 1 unspecified atom stereocenters. The van der Waals surface area contributed by atoms with Gasteiger partial charge < -0.3 is 14.6 Å². The Bertz CT molecular complexity index is 463. The fourth-order valence-electron chi connectivity index (χ4n) is 3.28. The summed E-state index contributed by atoms with van der Waals surface area (Å²) >= 11 is 0. The quantitative estimate of drug-likeness (QED) is 0.905. The van der Waals surface area contributed by atoms with Gasteiger partial charge in [0.2, 0.25) is 0 Å². The Hall–Kier alpha value is -1.22. The van der Waals surface area contributed by atoms with E-state index in [9.17, 15) is 5.11 Å². The Kier molecular flexibility index (Phi) is 3.29. The molecule has 1 aromatic carbocycles. The zero-order valence-electron chi connectivity index (χ0n) is 12.7. The lowest BCUT2D eigenvalue weighted by molar-refractivity contribution is 0.127. The van der Waals surface area contributed by atoms with Gasteiger partial charge in [-0.2, -0.15) is 0 Å². The van der Waals surface area contributed by atoms with Gasteiger partial charge in [0.15, 0.2) is 0 Å². The average molecular weight is 264 g/mol. The van der Waals surface area contributed by atoms with Crippen LogP contribution in [0.25, 0.3) is 0 Å². The molecule has 3 heteroatoms. The van der Waals surface area contributed by atoms with E-state index in [0.29, 0.717) is 5.75 Å². The van der Waals surface area contributed by atoms with Crippen molar-refractivity contribution in [3.8, 4) is 11.5 Å². The molecule has 1 fully saturated rings. The molecule has 19 heavy (non-hydrogen) atoms. The molecule has 1 atom stereocenters. The summed E-state index contributed by atoms with van der Waals surface area (Å²) in [6, 6.07) is 5.58. The Morgan fingerprint density at radius 3 is 2.05 bits per heavy atom. The number of hydrogen-bond donors (Lipinski definition) is 1. The maximum atomic E-state index is 10.7. The van der Waals surface area contributed by atoms with E-state index in [4.69, 9.17) is 9.47 Å². The molecule has 106 valence electrons. The summed E-state index contributed by atoms with van der Waals surface area (Å²) in [5, 5.41) is 10.7. The van der Waals surface area contributed by atoms with Gasteiger partial charge >= 0.3 is 0 Å². The molecule has 1 saturated carbocycles. The summed E-state index contributed by atoms with van der Waals surface area (Å²) < 4.78 is 10.6. The van der Waals surface area contributed by atoms with Gasteiger partial charge in [-0.25, -0.2) is 0 Å². The SMILES string of the molecule is COc1ccc(C(O)C2C(C)(C)C2(C)C)c(OC)c1. The largest absolute Gasteiger partial charge is 0.497 e. The molecular formula is C16H24O3. The molecule has 0 bridgehead atoms. The van der Waals surface area contributed by atoms with Crippen LogP contribution in [0.5, 0.6) is 11.5 Å². The smallest absolute Gasteiger partial charge is 0.128 e. The van der Waals surface area contributed by atoms with E-state index >= 15 is 0 Å². The fraction of sp³-hybridized carbons (Fsp3) is 0.625. The summed E-state index contributed by atoms with van der Waals surface area (Å²) in [5.41, 5.74) is 1.11. The monoisotopic (exact) mass is 264 g/mol. The van der Waals surface area contributed by atoms with E-state index < -0.39 is 6.10 Å². The van der Waals surface area contributed by atoms with Crippen LogP contribution in [0.3, 0.4) is 0 Å². The van der Waals surface area contributed by atoms with Crippen molar-refractivity contribution in [2.75, 3.05) is 14.2 Å². The van der Waals surface area contributed by atoms with Crippen LogP contribution >= 0.6 is 0 Å². The van der Waals surface area contributed by atoms with E-state index in [-0.39, 0.29) is 16.7 Å². The summed E-state index contributed by atoms with van der Waals surface area (Å²) in [6.07, 6.45) is -0.508. The Morgan fingerprint density at radius 1 is 1.05 bits per heavy atom. The van der Waals surface area contributed by atoms with Gasteiger partial charge in [0.25, 0.3) is 0 Å². The zero-order valence-corrected chi connectivity index (χ0v) is 12.7.